The molecule has 1 amide bonds. The molecule has 2 aromatic rings. The Labute approximate surface area is 134 Å². The zero-order chi connectivity index (χ0) is 16.2. The van der Waals surface area contributed by atoms with Gasteiger partial charge in [0.15, 0.2) is 0 Å². The molecule has 0 saturated heterocycles. The fraction of sp³-hybridized carbons (Fsp3) is 0.500. The van der Waals surface area contributed by atoms with E-state index in [1.54, 1.807) is 13.1 Å². The van der Waals surface area contributed by atoms with Gasteiger partial charge in [0.2, 0.25) is 5.91 Å². The number of rotatable bonds is 6. The number of aliphatic hydroxyl groups is 1. The van der Waals surface area contributed by atoms with Crippen LogP contribution in [0.5, 0.6) is 0 Å². The maximum absolute atomic E-state index is 12.3. The summed E-state index contributed by atoms with van der Waals surface area (Å²) in [4.78, 5) is 16.6. The Morgan fingerprint density at radius 3 is 2.87 bits per heavy atom. The second kappa shape index (κ2) is 6.87. The molecule has 2 heterocycles. The van der Waals surface area contributed by atoms with E-state index in [1.165, 1.54) is 0 Å². The van der Waals surface area contributed by atoms with Crippen LogP contribution in [0.2, 0.25) is 0 Å². The fourth-order valence-corrected chi connectivity index (χ4v) is 2.86. The number of carbonyl (C=O) groups excluding carboxylic acids is 1. The average molecular weight is 316 g/mol. The minimum atomic E-state index is -0.259. The summed E-state index contributed by atoms with van der Waals surface area (Å²) < 4.78 is 4.62. The van der Waals surface area contributed by atoms with Crippen LogP contribution in [-0.2, 0) is 17.6 Å². The van der Waals surface area contributed by atoms with Gasteiger partial charge < -0.3 is 10.4 Å². The predicted molar refractivity (Wildman–Crippen MR) is 81.3 cm³/mol. The number of hydrogen-bond acceptors (Lipinski definition) is 6. The Balaban J connectivity index is 1.63. The van der Waals surface area contributed by atoms with Gasteiger partial charge in [-0.15, -0.1) is 0 Å². The number of aromatic nitrogens is 3. The fourth-order valence-electron chi connectivity index (χ4n) is 2.86. The van der Waals surface area contributed by atoms with E-state index in [1.807, 2.05) is 18.2 Å². The second-order valence-electron chi connectivity index (χ2n) is 6.06. The van der Waals surface area contributed by atoms with Crippen LogP contribution >= 0.6 is 0 Å². The number of aryl methyl sites for hydroxylation is 1. The lowest BCUT2D eigenvalue weighted by Gasteiger charge is -2.38. The van der Waals surface area contributed by atoms with E-state index >= 15 is 0 Å². The van der Waals surface area contributed by atoms with Gasteiger partial charge in [0.1, 0.15) is 11.4 Å². The molecule has 0 unspecified atom stereocenters. The minimum Gasteiger partial charge on any atom is -0.393 e. The van der Waals surface area contributed by atoms with Crippen LogP contribution in [0.1, 0.15) is 29.9 Å². The summed E-state index contributed by atoms with van der Waals surface area (Å²) in [6, 6.07) is 5.70. The number of nitrogens with zero attached hydrogens (tertiary/aromatic N) is 3. The molecule has 2 N–H and O–H groups in total. The van der Waals surface area contributed by atoms with Crippen LogP contribution in [-0.4, -0.2) is 38.5 Å². The minimum absolute atomic E-state index is 0.0408. The highest BCUT2D eigenvalue weighted by molar-refractivity contribution is 5.78. The molecule has 0 radical (unpaired) electrons. The maximum Gasteiger partial charge on any atom is 0.226 e. The zero-order valence-corrected chi connectivity index (χ0v) is 13.0. The van der Waals surface area contributed by atoms with Gasteiger partial charge in [-0.1, -0.05) is 16.4 Å². The highest BCUT2D eigenvalue weighted by atomic mass is 16.6. The van der Waals surface area contributed by atoms with Gasteiger partial charge >= 0.3 is 0 Å². The Hall–Kier alpha value is -2.28. The molecule has 0 aromatic carbocycles. The van der Waals surface area contributed by atoms with Crippen molar-refractivity contribution in [2.24, 2.45) is 5.92 Å². The first kappa shape index (κ1) is 15.6. The summed E-state index contributed by atoms with van der Waals surface area (Å²) in [5.41, 5.74) is 2.10. The van der Waals surface area contributed by atoms with E-state index in [-0.39, 0.29) is 30.4 Å². The monoisotopic (exact) mass is 316 g/mol. The first-order chi connectivity index (χ1) is 11.1. The number of pyridine rings is 1. The standard InChI is InChI=1S/C16H20N4O3/c1-10-14(20-23-19-10)9-16(22)18-15(11-6-13(21)7-11)8-12-4-2-3-5-17-12/h2-5,11,13,15,21H,6-9H2,1H3,(H,18,22)/t11?,13?,15-/m0/s1. The van der Waals surface area contributed by atoms with Gasteiger partial charge in [-0.2, -0.15) is 0 Å². The lowest BCUT2D eigenvalue weighted by molar-refractivity contribution is -0.122. The van der Waals surface area contributed by atoms with Crippen molar-refractivity contribution < 1.29 is 14.5 Å². The number of aliphatic hydroxyl groups excluding tert-OH is 1. The zero-order valence-electron chi connectivity index (χ0n) is 13.0. The van der Waals surface area contributed by atoms with E-state index in [0.29, 0.717) is 30.7 Å². The Bertz CT molecular complexity index is 652. The van der Waals surface area contributed by atoms with Gasteiger partial charge in [0, 0.05) is 24.4 Å². The smallest absolute Gasteiger partial charge is 0.226 e. The predicted octanol–water partition coefficient (Wildman–Crippen LogP) is 0.814. The SMILES string of the molecule is Cc1nonc1CC(=O)N[C@@H](Cc1ccccn1)C1CC(O)C1. The molecule has 7 nitrogen and oxygen atoms in total. The lowest BCUT2D eigenvalue weighted by Crippen LogP contribution is -2.48. The highest BCUT2D eigenvalue weighted by Crippen LogP contribution is 2.31. The maximum atomic E-state index is 12.3. The topological polar surface area (TPSA) is 101 Å². The normalized spacial score (nSPS) is 21.5. The van der Waals surface area contributed by atoms with Crippen molar-refractivity contribution in [3.63, 3.8) is 0 Å². The number of carbonyl (C=O) groups is 1. The van der Waals surface area contributed by atoms with E-state index in [0.717, 1.165) is 5.69 Å². The summed E-state index contributed by atoms with van der Waals surface area (Å²) in [7, 11) is 0. The van der Waals surface area contributed by atoms with Crippen molar-refractivity contribution in [2.75, 3.05) is 0 Å². The molecule has 1 fully saturated rings. The molecule has 1 saturated carbocycles. The summed E-state index contributed by atoms with van der Waals surface area (Å²) in [6.07, 6.45) is 3.70. The largest absolute Gasteiger partial charge is 0.393 e. The van der Waals surface area contributed by atoms with Gasteiger partial charge in [0.25, 0.3) is 0 Å². The molecule has 7 heteroatoms. The molecule has 2 aromatic heterocycles. The number of amides is 1. The summed E-state index contributed by atoms with van der Waals surface area (Å²) in [5, 5.41) is 20.0. The Morgan fingerprint density at radius 2 is 2.26 bits per heavy atom. The summed E-state index contributed by atoms with van der Waals surface area (Å²) in [6.45, 7) is 1.76. The van der Waals surface area contributed by atoms with Gasteiger partial charge in [-0.05, 0) is 37.8 Å². The molecule has 23 heavy (non-hydrogen) atoms. The first-order valence-corrected chi connectivity index (χ1v) is 7.77. The van der Waals surface area contributed by atoms with Crippen LogP contribution in [0, 0.1) is 12.8 Å². The third-order valence-electron chi connectivity index (χ3n) is 4.29. The van der Waals surface area contributed by atoms with Crippen LogP contribution in [0.3, 0.4) is 0 Å². The van der Waals surface area contributed by atoms with E-state index in [4.69, 9.17) is 0 Å². The van der Waals surface area contributed by atoms with Gasteiger partial charge in [-0.3, -0.25) is 9.78 Å². The van der Waals surface area contributed by atoms with Crippen molar-refractivity contribution in [3.05, 3.63) is 41.5 Å². The van der Waals surface area contributed by atoms with E-state index < -0.39 is 0 Å². The van der Waals surface area contributed by atoms with Gasteiger partial charge in [0.05, 0.1) is 12.5 Å². The quantitative estimate of drug-likeness (QED) is 0.818. The molecule has 1 aliphatic carbocycles. The van der Waals surface area contributed by atoms with E-state index in [2.05, 4.69) is 25.2 Å². The molecule has 122 valence electrons. The average Bonchev–Trinajstić information content (AvgIpc) is 2.89. The summed E-state index contributed by atoms with van der Waals surface area (Å²) in [5.74, 6) is 0.151. The third kappa shape index (κ3) is 3.92. The van der Waals surface area contributed by atoms with E-state index in [9.17, 15) is 9.90 Å². The lowest BCUT2D eigenvalue weighted by atomic mass is 9.76. The first-order valence-electron chi connectivity index (χ1n) is 7.77. The van der Waals surface area contributed by atoms with Crippen molar-refractivity contribution in [3.8, 4) is 0 Å². The third-order valence-corrected chi connectivity index (χ3v) is 4.29. The van der Waals surface area contributed by atoms with Crippen molar-refractivity contribution in [1.82, 2.24) is 20.6 Å². The number of hydrogen-bond donors (Lipinski definition) is 2. The van der Waals surface area contributed by atoms with Crippen LogP contribution < -0.4 is 5.32 Å². The van der Waals surface area contributed by atoms with Crippen LogP contribution in [0.4, 0.5) is 0 Å². The molecule has 0 aliphatic heterocycles. The molecule has 0 spiro atoms. The Morgan fingerprint density at radius 1 is 1.43 bits per heavy atom. The molecular weight excluding hydrogens is 296 g/mol. The molecular formula is C16H20N4O3. The molecule has 1 atom stereocenters. The van der Waals surface area contributed by atoms with Crippen LogP contribution in [0.15, 0.2) is 29.0 Å². The molecule has 1 aliphatic rings. The highest BCUT2D eigenvalue weighted by Gasteiger charge is 2.35. The van der Waals surface area contributed by atoms with Crippen LogP contribution in [0.25, 0.3) is 0 Å². The summed E-state index contributed by atoms with van der Waals surface area (Å²) >= 11 is 0. The van der Waals surface area contributed by atoms with Crippen molar-refractivity contribution in [2.45, 2.75) is 44.8 Å². The number of nitrogens with one attached hydrogen (secondary N) is 1. The van der Waals surface area contributed by atoms with Crippen molar-refractivity contribution >= 4 is 5.91 Å². The van der Waals surface area contributed by atoms with Crippen molar-refractivity contribution in [1.29, 1.82) is 0 Å². The molecule has 3 rings (SSSR count). The second-order valence-corrected chi connectivity index (χ2v) is 6.06. The Kier molecular flexibility index (Phi) is 4.66. The molecule has 0 bridgehead atoms. The van der Waals surface area contributed by atoms with Gasteiger partial charge in [-0.25, -0.2) is 4.63 Å².